The highest BCUT2D eigenvalue weighted by atomic mass is 16.5. The lowest BCUT2D eigenvalue weighted by Gasteiger charge is -2.21. The van der Waals surface area contributed by atoms with Gasteiger partial charge in [-0.15, -0.1) is 0 Å². The van der Waals surface area contributed by atoms with Gasteiger partial charge in [-0.1, -0.05) is 31.5 Å². The molecule has 1 saturated heterocycles. The normalized spacial score (nSPS) is 14.1. The molecule has 2 aromatic rings. The third-order valence-electron chi connectivity index (χ3n) is 5.51. The van der Waals surface area contributed by atoms with Crippen LogP contribution in [0.15, 0.2) is 48.0 Å². The Bertz CT molecular complexity index is 883. The molecule has 0 spiro atoms. The number of rotatable bonds is 11. The summed E-state index contributed by atoms with van der Waals surface area (Å²) < 4.78 is 11.3. The van der Waals surface area contributed by atoms with Gasteiger partial charge in [0, 0.05) is 31.0 Å². The number of benzene rings is 2. The van der Waals surface area contributed by atoms with Crippen molar-refractivity contribution in [2.24, 2.45) is 0 Å². The monoisotopic (exact) mass is 423 g/mol. The molecule has 1 aliphatic heterocycles. The fraction of sp³-hybridized carbons (Fsp3) is 0.423. The fourth-order valence-corrected chi connectivity index (χ4v) is 3.70. The molecule has 0 amide bonds. The van der Waals surface area contributed by atoms with E-state index in [1.54, 1.807) is 13.0 Å². The molecule has 31 heavy (non-hydrogen) atoms. The van der Waals surface area contributed by atoms with Crippen LogP contribution in [-0.2, 0) is 9.53 Å². The third-order valence-corrected chi connectivity index (χ3v) is 5.51. The van der Waals surface area contributed by atoms with Gasteiger partial charge in [0.2, 0.25) is 0 Å². The highest BCUT2D eigenvalue weighted by Gasteiger charge is 2.16. The fourth-order valence-electron chi connectivity index (χ4n) is 3.70. The van der Waals surface area contributed by atoms with Crippen LogP contribution in [0.4, 0.5) is 5.69 Å². The smallest absolute Gasteiger partial charge is 0.331 e. The summed E-state index contributed by atoms with van der Waals surface area (Å²) in [5.74, 6) is -0.0729. The standard InChI is InChI=1S/C26H33NO4/c1-3-4-15-30-16-17-31-24-10-7-21(8-11-24)22-9-12-25(27-13-5-6-14-27)23(19-22)18-20(2)26(28)29/h7-12,18-19H,3-6,13-17H2,1-2H3,(H,28,29). The number of carboxylic acid groups (broad SMARTS) is 1. The minimum Gasteiger partial charge on any atom is -0.491 e. The molecule has 0 bridgehead atoms. The number of ether oxygens (including phenoxy) is 2. The zero-order chi connectivity index (χ0) is 22.1. The van der Waals surface area contributed by atoms with Crippen molar-refractivity contribution in [2.75, 3.05) is 37.8 Å². The van der Waals surface area contributed by atoms with Crippen LogP contribution in [0.3, 0.4) is 0 Å². The van der Waals surface area contributed by atoms with E-state index in [-0.39, 0.29) is 0 Å². The highest BCUT2D eigenvalue weighted by Crippen LogP contribution is 2.32. The molecular formula is C26H33NO4. The molecule has 0 radical (unpaired) electrons. The minimum absolute atomic E-state index is 0.336. The lowest BCUT2D eigenvalue weighted by atomic mass is 10.00. The van der Waals surface area contributed by atoms with Crippen LogP contribution in [0.1, 0.15) is 45.1 Å². The summed E-state index contributed by atoms with van der Waals surface area (Å²) in [6, 6.07) is 14.3. The van der Waals surface area contributed by atoms with Gasteiger partial charge in [-0.05, 0) is 73.2 Å². The Kier molecular flexibility index (Phi) is 8.53. The van der Waals surface area contributed by atoms with Crippen LogP contribution >= 0.6 is 0 Å². The molecule has 5 heteroatoms. The zero-order valence-electron chi connectivity index (χ0n) is 18.6. The predicted octanol–water partition coefficient (Wildman–Crippen LogP) is 5.64. The van der Waals surface area contributed by atoms with Crippen molar-refractivity contribution in [2.45, 2.75) is 39.5 Å². The van der Waals surface area contributed by atoms with Crippen molar-refractivity contribution >= 4 is 17.7 Å². The van der Waals surface area contributed by atoms with Gasteiger partial charge in [0.25, 0.3) is 0 Å². The Morgan fingerprint density at radius 1 is 1.03 bits per heavy atom. The average Bonchev–Trinajstić information content (AvgIpc) is 3.31. The number of hydrogen-bond donors (Lipinski definition) is 1. The van der Waals surface area contributed by atoms with Crippen LogP contribution in [0.2, 0.25) is 0 Å². The summed E-state index contributed by atoms with van der Waals surface area (Å²) in [7, 11) is 0. The Labute approximate surface area is 185 Å². The number of nitrogens with zero attached hydrogens (tertiary/aromatic N) is 1. The first kappa shape index (κ1) is 22.9. The van der Waals surface area contributed by atoms with Gasteiger partial charge in [-0.2, -0.15) is 0 Å². The maximum absolute atomic E-state index is 11.4. The Morgan fingerprint density at radius 3 is 2.42 bits per heavy atom. The van der Waals surface area contributed by atoms with Gasteiger partial charge < -0.3 is 19.5 Å². The van der Waals surface area contributed by atoms with Crippen LogP contribution in [0, 0.1) is 0 Å². The first-order valence-corrected chi connectivity index (χ1v) is 11.2. The second kappa shape index (κ2) is 11.6. The van der Waals surface area contributed by atoms with E-state index < -0.39 is 5.97 Å². The van der Waals surface area contributed by atoms with Gasteiger partial charge in [0.1, 0.15) is 12.4 Å². The van der Waals surface area contributed by atoms with E-state index >= 15 is 0 Å². The lowest BCUT2D eigenvalue weighted by Crippen LogP contribution is -2.18. The van der Waals surface area contributed by atoms with Gasteiger partial charge in [0.05, 0.1) is 6.61 Å². The average molecular weight is 424 g/mol. The summed E-state index contributed by atoms with van der Waals surface area (Å²) in [5.41, 5.74) is 4.51. The van der Waals surface area contributed by atoms with E-state index in [2.05, 4.69) is 30.0 Å². The van der Waals surface area contributed by atoms with Crippen LogP contribution in [-0.4, -0.2) is 44.0 Å². The third kappa shape index (κ3) is 6.59. The molecule has 0 aromatic heterocycles. The molecular weight excluding hydrogens is 390 g/mol. The van der Waals surface area contributed by atoms with Crippen molar-refractivity contribution in [1.29, 1.82) is 0 Å². The molecule has 1 N–H and O–H groups in total. The molecule has 1 fully saturated rings. The van der Waals surface area contributed by atoms with Gasteiger partial charge in [0.15, 0.2) is 0 Å². The predicted molar refractivity (Wildman–Crippen MR) is 126 cm³/mol. The summed E-state index contributed by atoms with van der Waals surface area (Å²) in [5, 5.41) is 9.34. The maximum Gasteiger partial charge on any atom is 0.331 e. The van der Waals surface area contributed by atoms with Crippen LogP contribution in [0.5, 0.6) is 5.75 Å². The molecule has 0 saturated carbocycles. The first-order chi connectivity index (χ1) is 15.1. The SMILES string of the molecule is CCCCOCCOc1ccc(-c2ccc(N3CCCC3)c(C=C(C)C(=O)O)c2)cc1. The molecule has 166 valence electrons. The largest absolute Gasteiger partial charge is 0.491 e. The second-order valence-corrected chi connectivity index (χ2v) is 7.94. The number of carboxylic acids is 1. The number of carbonyl (C=O) groups is 1. The number of unbranched alkanes of at least 4 members (excludes halogenated alkanes) is 1. The summed E-state index contributed by atoms with van der Waals surface area (Å²) >= 11 is 0. The number of hydrogen-bond acceptors (Lipinski definition) is 4. The zero-order valence-corrected chi connectivity index (χ0v) is 18.6. The van der Waals surface area contributed by atoms with E-state index in [1.807, 2.05) is 24.3 Å². The molecule has 3 rings (SSSR count). The molecule has 1 heterocycles. The van der Waals surface area contributed by atoms with Crippen molar-refractivity contribution in [3.05, 3.63) is 53.6 Å². The van der Waals surface area contributed by atoms with Crippen molar-refractivity contribution in [3.63, 3.8) is 0 Å². The van der Waals surface area contributed by atoms with Crippen molar-refractivity contribution in [1.82, 2.24) is 0 Å². The number of aliphatic carboxylic acids is 1. The first-order valence-electron chi connectivity index (χ1n) is 11.2. The van der Waals surface area contributed by atoms with Crippen LogP contribution < -0.4 is 9.64 Å². The van der Waals surface area contributed by atoms with E-state index in [9.17, 15) is 9.90 Å². The van der Waals surface area contributed by atoms with Gasteiger partial charge in [-0.25, -0.2) is 4.79 Å². The highest BCUT2D eigenvalue weighted by molar-refractivity contribution is 5.93. The molecule has 5 nitrogen and oxygen atoms in total. The number of anilines is 1. The maximum atomic E-state index is 11.4. The summed E-state index contributed by atoms with van der Waals surface area (Å²) in [6.45, 7) is 7.73. The Hall–Kier alpha value is -2.79. The van der Waals surface area contributed by atoms with Crippen molar-refractivity contribution in [3.8, 4) is 16.9 Å². The topological polar surface area (TPSA) is 59.0 Å². The molecule has 0 aliphatic carbocycles. The summed E-state index contributed by atoms with van der Waals surface area (Å²) in [4.78, 5) is 13.7. The van der Waals surface area contributed by atoms with E-state index in [4.69, 9.17) is 9.47 Å². The Balaban J connectivity index is 1.73. The van der Waals surface area contributed by atoms with Crippen molar-refractivity contribution < 1.29 is 19.4 Å². The van der Waals surface area contributed by atoms with Crippen LogP contribution in [0.25, 0.3) is 17.2 Å². The molecule has 0 atom stereocenters. The van der Waals surface area contributed by atoms with E-state index in [0.29, 0.717) is 18.8 Å². The Morgan fingerprint density at radius 2 is 1.74 bits per heavy atom. The minimum atomic E-state index is -0.891. The van der Waals surface area contributed by atoms with Gasteiger partial charge in [-0.3, -0.25) is 0 Å². The van der Waals surface area contributed by atoms with E-state index in [0.717, 1.165) is 60.7 Å². The summed E-state index contributed by atoms with van der Waals surface area (Å²) in [6.07, 6.45) is 6.33. The molecule has 0 unspecified atom stereocenters. The van der Waals surface area contributed by atoms with Gasteiger partial charge >= 0.3 is 5.97 Å². The second-order valence-electron chi connectivity index (χ2n) is 7.94. The quantitative estimate of drug-likeness (QED) is 0.374. The lowest BCUT2D eigenvalue weighted by molar-refractivity contribution is -0.132. The van der Waals surface area contributed by atoms with E-state index in [1.165, 1.54) is 12.8 Å². The molecule has 2 aromatic carbocycles. The molecule has 1 aliphatic rings.